The van der Waals surface area contributed by atoms with Crippen molar-refractivity contribution >= 4 is 0 Å². The van der Waals surface area contributed by atoms with Gasteiger partial charge in [0.05, 0.1) is 18.6 Å². The van der Waals surface area contributed by atoms with E-state index in [4.69, 9.17) is 15.0 Å². The van der Waals surface area contributed by atoms with Crippen molar-refractivity contribution in [2.24, 2.45) is 5.84 Å². The Balaban J connectivity index is 2.31. The summed E-state index contributed by atoms with van der Waals surface area (Å²) in [7, 11) is 0. The number of rotatable bonds is 5. The van der Waals surface area contributed by atoms with Crippen molar-refractivity contribution in [1.29, 1.82) is 0 Å². The maximum atomic E-state index is 5.64. The molecule has 0 aliphatic heterocycles. The fourth-order valence-corrected chi connectivity index (χ4v) is 1.93. The molecule has 0 aliphatic carbocycles. The van der Waals surface area contributed by atoms with Crippen LogP contribution in [-0.4, -0.2) is 11.1 Å². The van der Waals surface area contributed by atoms with Crippen molar-refractivity contribution in [3.05, 3.63) is 47.7 Å². The Hall–Kier alpha value is -1.85. The smallest absolute Gasteiger partial charge is 0.138 e. The zero-order valence-electron chi connectivity index (χ0n) is 11.4. The summed E-state index contributed by atoms with van der Waals surface area (Å²) in [6, 6.07) is 3.58. The molecule has 2 aromatic rings. The van der Waals surface area contributed by atoms with E-state index in [9.17, 15) is 0 Å². The highest BCUT2D eigenvalue weighted by atomic mass is 16.5. The first-order valence-corrected chi connectivity index (χ1v) is 6.23. The van der Waals surface area contributed by atoms with Gasteiger partial charge in [-0.25, -0.2) is 5.43 Å². The molecule has 2 aromatic heterocycles. The molecule has 5 nitrogen and oxygen atoms in total. The van der Waals surface area contributed by atoms with Crippen LogP contribution >= 0.6 is 0 Å². The molecule has 3 N–H and O–H groups in total. The van der Waals surface area contributed by atoms with E-state index in [1.807, 2.05) is 32.9 Å². The van der Waals surface area contributed by atoms with Gasteiger partial charge in [-0.15, -0.1) is 0 Å². The van der Waals surface area contributed by atoms with Crippen LogP contribution in [0.1, 0.15) is 36.8 Å². The van der Waals surface area contributed by atoms with Crippen LogP contribution in [-0.2, 0) is 0 Å². The van der Waals surface area contributed by atoms with Crippen LogP contribution < -0.4 is 16.0 Å². The van der Waals surface area contributed by atoms with Gasteiger partial charge in [0.2, 0.25) is 0 Å². The van der Waals surface area contributed by atoms with Crippen LogP contribution in [0.2, 0.25) is 0 Å². The second-order valence-electron chi connectivity index (χ2n) is 4.69. The van der Waals surface area contributed by atoms with Gasteiger partial charge in [-0.2, -0.15) is 0 Å². The second-order valence-corrected chi connectivity index (χ2v) is 4.69. The lowest BCUT2D eigenvalue weighted by Gasteiger charge is -2.16. The molecule has 0 fully saturated rings. The molecule has 2 rings (SSSR count). The van der Waals surface area contributed by atoms with Crippen LogP contribution in [0.25, 0.3) is 0 Å². The van der Waals surface area contributed by atoms with Gasteiger partial charge in [0.15, 0.2) is 0 Å². The quantitative estimate of drug-likeness (QED) is 0.638. The summed E-state index contributed by atoms with van der Waals surface area (Å²) in [5.74, 6) is 7.14. The molecule has 2 heterocycles. The number of furan rings is 1. The molecule has 0 spiro atoms. The van der Waals surface area contributed by atoms with Gasteiger partial charge in [-0.3, -0.25) is 10.8 Å². The molecule has 0 aliphatic rings. The number of hydrogen-bond donors (Lipinski definition) is 2. The summed E-state index contributed by atoms with van der Waals surface area (Å²) in [4.78, 5) is 4.18. The largest absolute Gasteiger partial charge is 0.489 e. The van der Waals surface area contributed by atoms with Crippen molar-refractivity contribution in [1.82, 2.24) is 10.4 Å². The van der Waals surface area contributed by atoms with Gasteiger partial charge >= 0.3 is 0 Å². The SMILES string of the molecule is Cc1ccoc1C(NN)c1cncc(OC(C)C)c1. The third-order valence-electron chi connectivity index (χ3n) is 2.77. The molecular weight excluding hydrogens is 242 g/mol. The van der Waals surface area contributed by atoms with Gasteiger partial charge in [-0.05, 0) is 44.0 Å². The molecule has 0 bridgehead atoms. The minimum absolute atomic E-state index is 0.103. The standard InChI is InChI=1S/C14H19N3O2/c1-9(2)19-12-6-11(7-16-8-12)13(17-15)14-10(3)4-5-18-14/h4-9,13,17H,15H2,1-3H3. The van der Waals surface area contributed by atoms with Gasteiger partial charge in [0, 0.05) is 6.20 Å². The Morgan fingerprint density at radius 1 is 1.37 bits per heavy atom. The van der Waals surface area contributed by atoms with Crippen molar-refractivity contribution in [3.63, 3.8) is 0 Å². The van der Waals surface area contributed by atoms with E-state index in [1.165, 1.54) is 0 Å². The van der Waals surface area contributed by atoms with E-state index in [1.54, 1.807) is 18.7 Å². The summed E-state index contributed by atoms with van der Waals surface area (Å²) in [6.45, 7) is 5.93. The van der Waals surface area contributed by atoms with E-state index in [0.717, 1.165) is 22.6 Å². The summed E-state index contributed by atoms with van der Waals surface area (Å²) in [6.07, 6.45) is 5.19. The summed E-state index contributed by atoms with van der Waals surface area (Å²) in [5.41, 5.74) is 4.69. The van der Waals surface area contributed by atoms with Gasteiger partial charge < -0.3 is 9.15 Å². The predicted molar refractivity (Wildman–Crippen MR) is 72.6 cm³/mol. The molecule has 102 valence electrons. The fraction of sp³-hybridized carbons (Fsp3) is 0.357. The maximum absolute atomic E-state index is 5.64. The molecule has 0 saturated carbocycles. The van der Waals surface area contributed by atoms with E-state index >= 15 is 0 Å². The predicted octanol–water partition coefficient (Wildman–Crippen LogP) is 2.32. The number of ether oxygens (including phenoxy) is 1. The number of nitrogens with two attached hydrogens (primary N) is 1. The first-order valence-electron chi connectivity index (χ1n) is 6.23. The lowest BCUT2D eigenvalue weighted by Crippen LogP contribution is -2.29. The normalized spacial score (nSPS) is 12.7. The van der Waals surface area contributed by atoms with Crippen molar-refractivity contribution in [2.45, 2.75) is 32.9 Å². The molecule has 0 amide bonds. The van der Waals surface area contributed by atoms with Gasteiger partial charge in [-0.1, -0.05) is 0 Å². The summed E-state index contributed by atoms with van der Waals surface area (Å²) < 4.78 is 11.1. The number of nitrogens with one attached hydrogen (secondary N) is 1. The maximum Gasteiger partial charge on any atom is 0.138 e. The molecule has 1 unspecified atom stereocenters. The molecule has 1 atom stereocenters. The fourth-order valence-electron chi connectivity index (χ4n) is 1.93. The monoisotopic (exact) mass is 261 g/mol. The molecule has 0 aromatic carbocycles. The molecule has 0 saturated heterocycles. The highest BCUT2D eigenvalue weighted by molar-refractivity contribution is 5.33. The van der Waals surface area contributed by atoms with Gasteiger partial charge in [0.25, 0.3) is 0 Å². The minimum Gasteiger partial charge on any atom is -0.489 e. The second kappa shape index (κ2) is 5.86. The van der Waals surface area contributed by atoms with E-state index in [-0.39, 0.29) is 12.1 Å². The first kappa shape index (κ1) is 13.6. The Labute approximate surface area is 112 Å². The molecule has 5 heteroatoms. The number of hydrogen-bond acceptors (Lipinski definition) is 5. The first-order chi connectivity index (χ1) is 9.11. The number of aromatic nitrogens is 1. The Morgan fingerprint density at radius 3 is 2.74 bits per heavy atom. The number of pyridine rings is 1. The third-order valence-corrected chi connectivity index (χ3v) is 2.77. The van der Waals surface area contributed by atoms with Crippen molar-refractivity contribution in [2.75, 3.05) is 0 Å². The molecule has 19 heavy (non-hydrogen) atoms. The highest BCUT2D eigenvalue weighted by Gasteiger charge is 2.19. The zero-order chi connectivity index (χ0) is 13.8. The Bertz CT molecular complexity index is 537. The third kappa shape index (κ3) is 3.13. The van der Waals surface area contributed by atoms with Crippen LogP contribution in [0.4, 0.5) is 0 Å². The van der Waals surface area contributed by atoms with E-state index < -0.39 is 0 Å². The Morgan fingerprint density at radius 2 is 2.16 bits per heavy atom. The van der Waals surface area contributed by atoms with Crippen molar-refractivity contribution < 1.29 is 9.15 Å². The number of nitrogens with zero attached hydrogens (tertiary/aromatic N) is 1. The summed E-state index contributed by atoms with van der Waals surface area (Å²) in [5, 5.41) is 0. The van der Waals surface area contributed by atoms with E-state index in [0.29, 0.717) is 0 Å². The average molecular weight is 261 g/mol. The highest BCUT2D eigenvalue weighted by Crippen LogP contribution is 2.26. The van der Waals surface area contributed by atoms with Crippen LogP contribution in [0.15, 0.2) is 35.2 Å². The molecular formula is C14H19N3O2. The topological polar surface area (TPSA) is 73.3 Å². The summed E-state index contributed by atoms with van der Waals surface area (Å²) >= 11 is 0. The van der Waals surface area contributed by atoms with Crippen molar-refractivity contribution in [3.8, 4) is 5.75 Å². The zero-order valence-corrected chi connectivity index (χ0v) is 11.4. The lowest BCUT2D eigenvalue weighted by atomic mass is 10.0. The van der Waals surface area contributed by atoms with E-state index in [2.05, 4.69) is 10.4 Å². The van der Waals surface area contributed by atoms with Crippen LogP contribution in [0.3, 0.4) is 0 Å². The molecule has 0 radical (unpaired) electrons. The number of aryl methyl sites for hydroxylation is 1. The van der Waals surface area contributed by atoms with Gasteiger partial charge in [0.1, 0.15) is 17.6 Å². The number of hydrazine groups is 1. The average Bonchev–Trinajstić information content (AvgIpc) is 2.77. The Kier molecular flexibility index (Phi) is 4.19. The van der Waals surface area contributed by atoms with Crippen LogP contribution in [0, 0.1) is 6.92 Å². The van der Waals surface area contributed by atoms with Crippen LogP contribution in [0.5, 0.6) is 5.75 Å². The lowest BCUT2D eigenvalue weighted by molar-refractivity contribution is 0.241. The minimum atomic E-state index is -0.238.